The van der Waals surface area contributed by atoms with Crippen LogP contribution in [-0.2, 0) is 35.0 Å². The Morgan fingerprint density at radius 1 is 1.28 bits per heavy atom. The fourth-order valence-corrected chi connectivity index (χ4v) is 6.16. The predicted molar refractivity (Wildman–Crippen MR) is 159 cm³/mol. The lowest BCUT2D eigenvalue weighted by Gasteiger charge is -2.42. The van der Waals surface area contributed by atoms with E-state index in [2.05, 4.69) is 5.32 Å². The maximum Gasteiger partial charge on any atom is 0.409 e. The molecule has 0 radical (unpaired) electrons. The van der Waals surface area contributed by atoms with E-state index in [1.807, 2.05) is 32.1 Å². The van der Waals surface area contributed by atoms with E-state index in [1.165, 1.54) is 19.1 Å². The third-order valence-corrected chi connectivity index (χ3v) is 8.89. The molecular formula is C31H41ClN2O9. The summed E-state index contributed by atoms with van der Waals surface area (Å²) in [6.45, 7) is 7.20. The quantitative estimate of drug-likeness (QED) is 0.377. The van der Waals surface area contributed by atoms with Gasteiger partial charge in [-0.15, -0.1) is 0 Å². The van der Waals surface area contributed by atoms with Crippen molar-refractivity contribution in [3.05, 3.63) is 46.5 Å². The van der Waals surface area contributed by atoms with Crippen LogP contribution in [0.4, 0.5) is 10.5 Å². The number of carbonyl (C=O) groups is 3. The van der Waals surface area contributed by atoms with Gasteiger partial charge in [-0.05, 0) is 38.0 Å². The molecule has 0 aliphatic carbocycles. The SMILES string of the molecule is CCC(=O)O[C@@H]1CC(=O)N(C)c2cc(cc(OC)c2Cl)C/C(C)=C/C=C/[C@@H](OC)[C@@]2(O)C[C@H](OC(=O)N2)[C@@H](C)[C@H]2O[C@]21C. The average Bonchev–Trinajstić information content (AvgIpc) is 3.66. The van der Waals surface area contributed by atoms with E-state index in [4.69, 9.17) is 35.3 Å². The number of halogens is 1. The molecule has 1 aromatic carbocycles. The van der Waals surface area contributed by atoms with Crippen molar-refractivity contribution >= 4 is 35.3 Å². The van der Waals surface area contributed by atoms with Gasteiger partial charge in [0.15, 0.2) is 5.72 Å². The van der Waals surface area contributed by atoms with Crippen molar-refractivity contribution in [3.63, 3.8) is 0 Å². The molecule has 2 N–H and O–H groups in total. The number of aliphatic hydroxyl groups is 1. The monoisotopic (exact) mass is 620 g/mol. The van der Waals surface area contributed by atoms with Crippen LogP contribution in [0.2, 0.25) is 5.02 Å². The Labute approximate surface area is 257 Å². The van der Waals surface area contributed by atoms with Crippen molar-refractivity contribution in [2.24, 2.45) is 5.92 Å². The van der Waals surface area contributed by atoms with Crippen LogP contribution in [0.3, 0.4) is 0 Å². The van der Waals surface area contributed by atoms with Gasteiger partial charge in [-0.3, -0.25) is 14.9 Å². The van der Waals surface area contributed by atoms with Crippen molar-refractivity contribution in [1.29, 1.82) is 0 Å². The number of methoxy groups -OCH3 is 2. The van der Waals surface area contributed by atoms with Crippen LogP contribution < -0.4 is 15.0 Å². The molecule has 2 fully saturated rings. The first-order chi connectivity index (χ1) is 20.3. The van der Waals surface area contributed by atoms with Crippen molar-refractivity contribution in [3.8, 4) is 5.75 Å². The Kier molecular flexibility index (Phi) is 9.80. The number of hydrogen-bond acceptors (Lipinski definition) is 9. The standard InChI is InChI=1S/C31H41ClN2O9/c1-8-26(36)42-24-15-25(35)34(5)20-13-19(14-21(39-6)27(20)32)12-17(2)10-9-11-23(40-7)31(38)16-22(41-29(37)33-31)18(3)28-30(24,4)43-28/h9-11,13-14,18,22-24,28,38H,8,12,15-16H2,1-7H3,(H,33,37)/b11-9+,17-10+/t18-,22+,23-,24-,28-,30+,31+/m1/s1. The summed E-state index contributed by atoms with van der Waals surface area (Å²) in [5, 5.41) is 14.3. The molecular weight excluding hydrogens is 580 g/mol. The van der Waals surface area contributed by atoms with Crippen molar-refractivity contribution in [2.45, 2.75) is 89.1 Å². The molecule has 11 nitrogen and oxygen atoms in total. The number of nitrogens with zero attached hydrogens (tertiary/aromatic N) is 1. The van der Waals surface area contributed by atoms with Gasteiger partial charge >= 0.3 is 12.1 Å². The summed E-state index contributed by atoms with van der Waals surface area (Å²) < 4.78 is 28.6. The molecule has 0 aromatic heterocycles. The van der Waals surface area contributed by atoms with Gasteiger partial charge in [0.25, 0.3) is 0 Å². The summed E-state index contributed by atoms with van der Waals surface area (Å²) in [6.07, 6.45) is 1.81. The number of allylic oxidation sites excluding steroid dienone is 3. The summed E-state index contributed by atoms with van der Waals surface area (Å²) in [6, 6.07) is 3.63. The van der Waals surface area contributed by atoms with Gasteiger partial charge in [-0.25, -0.2) is 4.79 Å². The van der Waals surface area contributed by atoms with Crippen molar-refractivity contribution < 1.29 is 43.2 Å². The van der Waals surface area contributed by atoms with Gasteiger partial charge in [-0.1, -0.05) is 49.2 Å². The van der Waals surface area contributed by atoms with E-state index in [0.29, 0.717) is 17.9 Å². The van der Waals surface area contributed by atoms with Crippen LogP contribution >= 0.6 is 11.6 Å². The first-order valence-electron chi connectivity index (χ1n) is 14.3. The van der Waals surface area contributed by atoms with Crippen LogP contribution in [0.25, 0.3) is 0 Å². The van der Waals surface area contributed by atoms with Gasteiger partial charge in [0, 0.05) is 32.9 Å². The molecule has 236 valence electrons. The van der Waals surface area contributed by atoms with E-state index in [9.17, 15) is 19.5 Å². The Balaban J connectivity index is 1.79. The summed E-state index contributed by atoms with van der Waals surface area (Å²) in [7, 11) is 4.56. The Hall–Kier alpha value is -3.12. The fraction of sp³-hybridized carbons (Fsp3) is 0.581. The summed E-state index contributed by atoms with van der Waals surface area (Å²) in [4.78, 5) is 40.2. The Bertz CT molecular complexity index is 1320. The van der Waals surface area contributed by atoms with Crippen LogP contribution in [0.5, 0.6) is 5.75 Å². The minimum atomic E-state index is -1.76. The minimum absolute atomic E-state index is 0.00655. The molecule has 2 amide bonds. The average molecular weight is 621 g/mol. The second-order valence-corrected chi connectivity index (χ2v) is 12.0. The van der Waals surface area contributed by atoms with Crippen molar-refractivity contribution in [1.82, 2.24) is 5.32 Å². The molecule has 0 saturated carbocycles. The highest BCUT2D eigenvalue weighted by molar-refractivity contribution is 6.35. The lowest BCUT2D eigenvalue weighted by Crippen LogP contribution is -2.63. The molecule has 43 heavy (non-hydrogen) atoms. The third kappa shape index (κ3) is 6.85. The summed E-state index contributed by atoms with van der Waals surface area (Å²) >= 11 is 6.66. The number of carbonyl (C=O) groups excluding carboxylic acids is 3. The van der Waals surface area contributed by atoms with Gasteiger partial charge in [-0.2, -0.15) is 0 Å². The topological polar surface area (TPSA) is 136 Å². The highest BCUT2D eigenvalue weighted by Crippen LogP contribution is 2.49. The number of nitrogens with one attached hydrogen (secondary N) is 1. The highest BCUT2D eigenvalue weighted by Gasteiger charge is 2.64. The number of epoxide rings is 1. The van der Waals surface area contributed by atoms with Crippen LogP contribution in [-0.4, -0.2) is 80.1 Å². The number of benzene rings is 1. The van der Waals surface area contributed by atoms with Gasteiger partial charge in [0.2, 0.25) is 5.91 Å². The largest absolute Gasteiger partial charge is 0.495 e. The number of hydrogen-bond donors (Lipinski definition) is 2. The smallest absolute Gasteiger partial charge is 0.409 e. The number of fused-ring (bicyclic) bond motifs is 5. The summed E-state index contributed by atoms with van der Waals surface area (Å²) in [5.74, 6) is -0.854. The Morgan fingerprint density at radius 3 is 2.65 bits per heavy atom. The lowest BCUT2D eigenvalue weighted by molar-refractivity contribution is -0.153. The van der Waals surface area contributed by atoms with Gasteiger partial charge in [0.05, 0.1) is 25.3 Å². The molecule has 12 heteroatoms. The molecule has 3 aliphatic heterocycles. The zero-order valence-electron chi connectivity index (χ0n) is 25.6. The minimum Gasteiger partial charge on any atom is -0.495 e. The predicted octanol–water partition coefficient (Wildman–Crippen LogP) is 4.08. The number of amides is 2. The van der Waals surface area contributed by atoms with Crippen LogP contribution in [0.1, 0.15) is 52.5 Å². The second-order valence-electron chi connectivity index (χ2n) is 11.6. The normalized spacial score (nSPS) is 35.0. The molecule has 0 unspecified atom stereocenters. The van der Waals surface area contributed by atoms with Crippen LogP contribution in [0.15, 0.2) is 35.9 Å². The molecule has 3 heterocycles. The maximum atomic E-state index is 13.7. The fourth-order valence-electron chi connectivity index (χ4n) is 5.85. The van der Waals surface area contributed by atoms with E-state index in [0.717, 1.165) is 11.1 Å². The van der Waals surface area contributed by atoms with E-state index < -0.39 is 53.7 Å². The Morgan fingerprint density at radius 2 is 2.00 bits per heavy atom. The van der Waals surface area contributed by atoms with Crippen molar-refractivity contribution in [2.75, 3.05) is 26.2 Å². The molecule has 7 atom stereocenters. The van der Waals surface area contributed by atoms with Crippen LogP contribution in [0, 0.1) is 5.92 Å². The summed E-state index contributed by atoms with van der Waals surface area (Å²) in [5.41, 5.74) is -0.564. The zero-order chi connectivity index (χ0) is 31.7. The van der Waals surface area contributed by atoms with E-state index in [1.54, 1.807) is 33.0 Å². The second kappa shape index (κ2) is 12.9. The molecule has 2 saturated heterocycles. The van der Waals surface area contributed by atoms with E-state index >= 15 is 0 Å². The van der Waals surface area contributed by atoms with E-state index in [-0.39, 0.29) is 30.2 Å². The van der Waals surface area contributed by atoms with Gasteiger partial charge in [0.1, 0.15) is 34.7 Å². The number of anilines is 1. The molecule has 4 rings (SSSR count). The number of alkyl carbamates (subject to hydrolysis) is 1. The highest BCUT2D eigenvalue weighted by atomic mass is 35.5. The number of esters is 1. The third-order valence-electron chi connectivity index (χ3n) is 8.51. The molecule has 4 bridgehead atoms. The zero-order valence-corrected chi connectivity index (χ0v) is 26.4. The first-order valence-corrected chi connectivity index (χ1v) is 14.7. The maximum absolute atomic E-state index is 13.7. The lowest BCUT2D eigenvalue weighted by atomic mass is 9.83. The molecule has 1 aromatic rings. The molecule has 0 spiro atoms. The number of ether oxygens (including phenoxy) is 5. The molecule has 3 aliphatic rings. The first kappa shape index (κ1) is 32.8. The number of rotatable bonds is 4. The van der Waals surface area contributed by atoms with Gasteiger partial charge < -0.3 is 33.7 Å².